The van der Waals surface area contributed by atoms with Gasteiger partial charge in [0.25, 0.3) is 0 Å². The molecule has 3 unspecified atom stereocenters. The predicted octanol–water partition coefficient (Wildman–Crippen LogP) is 2.39. The number of rotatable bonds is 3. The minimum absolute atomic E-state index is 0.807. The first-order valence-corrected chi connectivity index (χ1v) is 7.33. The lowest BCUT2D eigenvalue weighted by molar-refractivity contribution is 0.135. The summed E-state index contributed by atoms with van der Waals surface area (Å²) in [4.78, 5) is 2.78. The Balaban J connectivity index is 1.51. The van der Waals surface area contributed by atoms with Gasteiger partial charge in [-0.3, -0.25) is 4.90 Å². The van der Waals surface area contributed by atoms with Gasteiger partial charge in [0.15, 0.2) is 0 Å². The average Bonchev–Trinajstić information content (AvgIpc) is 2.97. The second-order valence-electron chi connectivity index (χ2n) is 6.25. The van der Waals surface area contributed by atoms with Crippen molar-refractivity contribution in [1.29, 1.82) is 0 Å². The number of likely N-dealkylation sites (tertiary alicyclic amines) is 1. The van der Waals surface area contributed by atoms with Crippen LogP contribution in [0.15, 0.2) is 0 Å². The molecule has 2 nitrogen and oxygen atoms in total. The van der Waals surface area contributed by atoms with E-state index in [0.29, 0.717) is 0 Å². The zero-order valence-electron chi connectivity index (χ0n) is 10.6. The molecule has 16 heavy (non-hydrogen) atoms. The molecule has 3 rings (SSSR count). The van der Waals surface area contributed by atoms with Gasteiger partial charge >= 0.3 is 0 Å². The van der Waals surface area contributed by atoms with Crippen LogP contribution in [-0.2, 0) is 0 Å². The van der Waals surface area contributed by atoms with Crippen LogP contribution < -0.4 is 5.32 Å². The molecule has 3 fully saturated rings. The average molecular weight is 222 g/mol. The zero-order valence-corrected chi connectivity index (χ0v) is 10.6. The number of nitrogens with zero attached hydrogens (tertiary/aromatic N) is 1. The van der Waals surface area contributed by atoms with Crippen molar-refractivity contribution in [3.8, 4) is 0 Å². The van der Waals surface area contributed by atoms with Crippen molar-refractivity contribution in [3.63, 3.8) is 0 Å². The Morgan fingerprint density at radius 2 is 1.75 bits per heavy atom. The van der Waals surface area contributed by atoms with E-state index in [1.165, 1.54) is 58.0 Å². The Hall–Kier alpha value is -0.0800. The van der Waals surface area contributed by atoms with E-state index in [9.17, 15) is 0 Å². The fraction of sp³-hybridized carbons (Fsp3) is 1.00. The summed E-state index contributed by atoms with van der Waals surface area (Å²) < 4.78 is 0. The lowest BCUT2D eigenvalue weighted by atomic mass is 9.85. The van der Waals surface area contributed by atoms with E-state index in [1.54, 1.807) is 0 Å². The molecule has 0 radical (unpaired) electrons. The predicted molar refractivity (Wildman–Crippen MR) is 67.6 cm³/mol. The van der Waals surface area contributed by atoms with Gasteiger partial charge in [-0.25, -0.2) is 0 Å². The highest BCUT2D eigenvalue weighted by Gasteiger charge is 2.34. The molecule has 0 aromatic heterocycles. The molecule has 1 saturated heterocycles. The molecular weight excluding hydrogens is 196 g/mol. The molecule has 0 bridgehead atoms. The first-order chi connectivity index (χ1) is 7.83. The molecule has 1 aliphatic heterocycles. The Labute approximate surface area is 99.8 Å². The highest BCUT2D eigenvalue weighted by Crippen LogP contribution is 2.31. The van der Waals surface area contributed by atoms with E-state index in [1.807, 2.05) is 0 Å². The van der Waals surface area contributed by atoms with Crippen molar-refractivity contribution in [2.45, 2.75) is 70.0 Å². The summed E-state index contributed by atoms with van der Waals surface area (Å²) in [7, 11) is 0. The molecule has 2 heteroatoms. The number of hydrogen-bond acceptors (Lipinski definition) is 2. The largest absolute Gasteiger partial charge is 0.310 e. The third-order valence-corrected chi connectivity index (χ3v) is 4.80. The van der Waals surface area contributed by atoms with Crippen LogP contribution in [0.25, 0.3) is 0 Å². The van der Waals surface area contributed by atoms with Gasteiger partial charge in [-0.1, -0.05) is 19.8 Å². The maximum Gasteiger partial charge on any atom is 0.0209 e. The molecule has 2 aliphatic carbocycles. The fourth-order valence-electron chi connectivity index (χ4n) is 3.65. The van der Waals surface area contributed by atoms with Crippen molar-refractivity contribution in [2.75, 3.05) is 13.1 Å². The Bertz CT molecular complexity index is 237. The summed E-state index contributed by atoms with van der Waals surface area (Å²) in [5.74, 6) is 0.938. The molecule has 3 atom stereocenters. The van der Waals surface area contributed by atoms with E-state index < -0.39 is 0 Å². The van der Waals surface area contributed by atoms with Crippen molar-refractivity contribution in [3.05, 3.63) is 0 Å². The molecule has 0 aromatic carbocycles. The third-order valence-electron chi connectivity index (χ3n) is 4.80. The zero-order chi connectivity index (χ0) is 11.0. The van der Waals surface area contributed by atoms with Gasteiger partial charge in [0, 0.05) is 31.2 Å². The topological polar surface area (TPSA) is 15.3 Å². The van der Waals surface area contributed by atoms with Crippen LogP contribution in [0.4, 0.5) is 0 Å². The van der Waals surface area contributed by atoms with Gasteiger partial charge in [-0.15, -0.1) is 0 Å². The molecular formula is C14H26N2. The van der Waals surface area contributed by atoms with Crippen LogP contribution in [-0.4, -0.2) is 36.1 Å². The number of hydrogen-bond donors (Lipinski definition) is 1. The third kappa shape index (κ3) is 2.43. The summed E-state index contributed by atoms with van der Waals surface area (Å²) in [5, 5.41) is 3.80. The van der Waals surface area contributed by atoms with Crippen LogP contribution in [0.1, 0.15) is 51.9 Å². The van der Waals surface area contributed by atoms with Crippen LogP contribution in [0, 0.1) is 5.92 Å². The molecule has 0 aromatic rings. The van der Waals surface area contributed by atoms with Crippen molar-refractivity contribution >= 4 is 0 Å². The minimum atomic E-state index is 0.807. The smallest absolute Gasteiger partial charge is 0.0209 e. The Morgan fingerprint density at radius 1 is 0.938 bits per heavy atom. The Morgan fingerprint density at radius 3 is 2.50 bits per heavy atom. The van der Waals surface area contributed by atoms with Crippen molar-refractivity contribution in [1.82, 2.24) is 10.2 Å². The van der Waals surface area contributed by atoms with Crippen LogP contribution in [0.3, 0.4) is 0 Å². The lowest BCUT2D eigenvalue weighted by Crippen LogP contribution is -2.42. The second-order valence-corrected chi connectivity index (χ2v) is 6.25. The van der Waals surface area contributed by atoms with Crippen LogP contribution >= 0.6 is 0 Å². The van der Waals surface area contributed by atoms with E-state index in [0.717, 1.165) is 24.0 Å². The Kier molecular flexibility index (Phi) is 3.21. The van der Waals surface area contributed by atoms with E-state index in [2.05, 4.69) is 17.1 Å². The molecule has 1 heterocycles. The maximum atomic E-state index is 3.80. The van der Waals surface area contributed by atoms with E-state index >= 15 is 0 Å². The fourth-order valence-corrected chi connectivity index (χ4v) is 3.65. The van der Waals surface area contributed by atoms with Crippen LogP contribution in [0.2, 0.25) is 0 Å². The quantitative estimate of drug-likeness (QED) is 0.789. The summed E-state index contributed by atoms with van der Waals surface area (Å²) in [5.41, 5.74) is 0. The first kappa shape index (κ1) is 11.0. The lowest BCUT2D eigenvalue weighted by Gasteiger charge is -2.36. The summed E-state index contributed by atoms with van der Waals surface area (Å²) in [6.45, 7) is 5.14. The molecule has 0 amide bonds. The van der Waals surface area contributed by atoms with E-state index in [4.69, 9.17) is 0 Å². The molecule has 1 N–H and O–H groups in total. The molecule has 0 spiro atoms. The maximum absolute atomic E-state index is 3.80. The highest BCUT2D eigenvalue weighted by molar-refractivity contribution is 4.92. The SMILES string of the molecule is CC1CCCCC1N1CCC(NC2CC2)C1. The van der Waals surface area contributed by atoms with Crippen molar-refractivity contribution < 1.29 is 0 Å². The molecule has 92 valence electrons. The summed E-state index contributed by atoms with van der Waals surface area (Å²) >= 11 is 0. The van der Waals surface area contributed by atoms with Gasteiger partial charge in [0.05, 0.1) is 0 Å². The normalized spacial score (nSPS) is 41.4. The van der Waals surface area contributed by atoms with Gasteiger partial charge in [0.1, 0.15) is 0 Å². The minimum Gasteiger partial charge on any atom is -0.310 e. The van der Waals surface area contributed by atoms with Crippen LogP contribution in [0.5, 0.6) is 0 Å². The van der Waals surface area contributed by atoms with Gasteiger partial charge in [0.2, 0.25) is 0 Å². The van der Waals surface area contributed by atoms with Crippen molar-refractivity contribution in [2.24, 2.45) is 5.92 Å². The highest BCUT2D eigenvalue weighted by atomic mass is 15.2. The second kappa shape index (κ2) is 4.66. The van der Waals surface area contributed by atoms with E-state index in [-0.39, 0.29) is 0 Å². The monoisotopic (exact) mass is 222 g/mol. The summed E-state index contributed by atoms with van der Waals surface area (Å²) in [6, 6.07) is 2.59. The summed E-state index contributed by atoms with van der Waals surface area (Å²) in [6.07, 6.45) is 10.1. The molecule has 2 saturated carbocycles. The number of nitrogens with one attached hydrogen (secondary N) is 1. The van der Waals surface area contributed by atoms with Gasteiger partial charge in [-0.2, -0.15) is 0 Å². The van der Waals surface area contributed by atoms with Gasteiger partial charge in [-0.05, 0) is 38.0 Å². The standard InChI is InChI=1S/C14H26N2/c1-11-4-2-3-5-14(11)16-9-8-13(10-16)15-12-6-7-12/h11-15H,2-10H2,1H3. The van der Waals surface area contributed by atoms with Gasteiger partial charge < -0.3 is 5.32 Å². The molecule has 3 aliphatic rings. The first-order valence-electron chi connectivity index (χ1n) is 7.33.